The summed E-state index contributed by atoms with van der Waals surface area (Å²) in [5.41, 5.74) is 5.98. The SMILES string of the molecule is CCCCOc1ccc(C(=O)NOCC(=O)Nc2ccc3c(c2)CCC3)cc1OC. The molecule has 2 N–H and O–H groups in total. The molecule has 3 rings (SSSR count). The number of amides is 2. The zero-order chi connectivity index (χ0) is 21.3. The largest absolute Gasteiger partial charge is 0.493 e. The quantitative estimate of drug-likeness (QED) is 0.459. The van der Waals surface area contributed by atoms with Gasteiger partial charge in [-0.15, -0.1) is 0 Å². The Hall–Kier alpha value is -3.06. The Bertz CT molecular complexity index is 897. The summed E-state index contributed by atoms with van der Waals surface area (Å²) in [6.45, 7) is 2.37. The van der Waals surface area contributed by atoms with Crippen LogP contribution >= 0.6 is 0 Å². The van der Waals surface area contributed by atoms with E-state index in [4.69, 9.17) is 14.3 Å². The third-order valence-corrected chi connectivity index (χ3v) is 4.93. The minimum absolute atomic E-state index is 0.293. The number of fused-ring (bicyclic) bond motifs is 1. The number of aryl methyl sites for hydroxylation is 2. The highest BCUT2D eigenvalue weighted by molar-refractivity contribution is 5.95. The van der Waals surface area contributed by atoms with Crippen LogP contribution in [0.4, 0.5) is 5.69 Å². The summed E-state index contributed by atoms with van der Waals surface area (Å²) in [4.78, 5) is 29.4. The molecule has 2 aromatic carbocycles. The second-order valence-corrected chi connectivity index (χ2v) is 7.17. The summed E-state index contributed by atoms with van der Waals surface area (Å²) in [7, 11) is 1.52. The van der Waals surface area contributed by atoms with Crippen LogP contribution in [0.15, 0.2) is 36.4 Å². The Morgan fingerprint density at radius 1 is 1.03 bits per heavy atom. The van der Waals surface area contributed by atoms with Crippen LogP contribution in [0.3, 0.4) is 0 Å². The second-order valence-electron chi connectivity index (χ2n) is 7.17. The van der Waals surface area contributed by atoms with Gasteiger partial charge in [0.1, 0.15) is 0 Å². The summed E-state index contributed by atoms with van der Waals surface area (Å²) in [6.07, 6.45) is 5.25. The van der Waals surface area contributed by atoms with Crippen molar-refractivity contribution in [2.45, 2.75) is 39.0 Å². The van der Waals surface area contributed by atoms with E-state index in [9.17, 15) is 9.59 Å². The lowest BCUT2D eigenvalue weighted by Gasteiger charge is -2.12. The molecule has 0 saturated heterocycles. The molecule has 0 heterocycles. The normalized spacial score (nSPS) is 12.2. The van der Waals surface area contributed by atoms with E-state index in [1.807, 2.05) is 18.2 Å². The predicted molar refractivity (Wildman–Crippen MR) is 114 cm³/mol. The van der Waals surface area contributed by atoms with E-state index in [2.05, 4.69) is 17.7 Å². The molecule has 7 heteroatoms. The Morgan fingerprint density at radius 2 is 1.87 bits per heavy atom. The molecule has 0 aliphatic heterocycles. The highest BCUT2D eigenvalue weighted by atomic mass is 16.7. The standard InChI is InChI=1S/C23H28N2O5/c1-3-4-12-29-20-11-9-18(14-21(20)28-2)23(27)25-30-15-22(26)24-19-10-8-16-6-5-7-17(16)13-19/h8-11,13-14H,3-7,12,15H2,1-2H3,(H,24,26)(H,25,27). The number of methoxy groups -OCH3 is 1. The van der Waals surface area contributed by atoms with Crippen molar-refractivity contribution in [3.05, 3.63) is 53.1 Å². The van der Waals surface area contributed by atoms with Crippen LogP contribution in [0.1, 0.15) is 47.7 Å². The van der Waals surface area contributed by atoms with Gasteiger partial charge in [0.05, 0.1) is 13.7 Å². The highest BCUT2D eigenvalue weighted by Crippen LogP contribution is 2.28. The minimum atomic E-state index is -0.473. The summed E-state index contributed by atoms with van der Waals surface area (Å²) in [6, 6.07) is 10.8. The molecule has 30 heavy (non-hydrogen) atoms. The number of carbonyl (C=O) groups excluding carboxylic acids is 2. The van der Waals surface area contributed by atoms with Crippen molar-refractivity contribution < 1.29 is 23.9 Å². The molecule has 1 aliphatic rings. The third-order valence-electron chi connectivity index (χ3n) is 4.93. The predicted octanol–water partition coefficient (Wildman–Crippen LogP) is 3.66. The van der Waals surface area contributed by atoms with Crippen LogP contribution in [0.2, 0.25) is 0 Å². The van der Waals surface area contributed by atoms with E-state index in [0.29, 0.717) is 23.7 Å². The molecule has 0 aromatic heterocycles. The molecule has 2 amide bonds. The molecule has 1 aliphatic carbocycles. The van der Waals surface area contributed by atoms with Crippen molar-refractivity contribution in [2.75, 3.05) is 25.6 Å². The number of rotatable bonds is 10. The van der Waals surface area contributed by atoms with Crippen molar-refractivity contribution in [2.24, 2.45) is 0 Å². The lowest BCUT2D eigenvalue weighted by atomic mass is 10.1. The molecule has 0 radical (unpaired) electrons. The van der Waals surface area contributed by atoms with Gasteiger partial charge in [-0.3, -0.25) is 14.4 Å². The molecular weight excluding hydrogens is 384 g/mol. The first-order valence-electron chi connectivity index (χ1n) is 10.3. The van der Waals surface area contributed by atoms with E-state index in [-0.39, 0.29) is 12.5 Å². The van der Waals surface area contributed by atoms with Crippen molar-refractivity contribution >= 4 is 17.5 Å². The average molecular weight is 412 g/mol. The lowest BCUT2D eigenvalue weighted by molar-refractivity contribution is -0.122. The van der Waals surface area contributed by atoms with Gasteiger partial charge in [0.2, 0.25) is 0 Å². The van der Waals surface area contributed by atoms with Crippen LogP contribution in [0.25, 0.3) is 0 Å². The number of hydrogen-bond donors (Lipinski definition) is 2. The molecule has 7 nitrogen and oxygen atoms in total. The molecule has 0 bridgehead atoms. The van der Waals surface area contributed by atoms with Gasteiger partial charge in [-0.1, -0.05) is 19.4 Å². The van der Waals surface area contributed by atoms with Crippen LogP contribution in [0.5, 0.6) is 11.5 Å². The van der Waals surface area contributed by atoms with Crippen LogP contribution in [-0.2, 0) is 22.5 Å². The minimum Gasteiger partial charge on any atom is -0.493 e. The Labute approximate surface area is 176 Å². The molecule has 160 valence electrons. The van der Waals surface area contributed by atoms with Gasteiger partial charge in [-0.05, 0) is 67.1 Å². The van der Waals surface area contributed by atoms with Crippen molar-refractivity contribution in [3.8, 4) is 11.5 Å². The van der Waals surface area contributed by atoms with Gasteiger partial charge < -0.3 is 14.8 Å². The van der Waals surface area contributed by atoms with Crippen LogP contribution in [0, 0.1) is 0 Å². The molecule has 0 saturated carbocycles. The first-order chi connectivity index (χ1) is 14.6. The summed E-state index contributed by atoms with van der Waals surface area (Å²) >= 11 is 0. The van der Waals surface area contributed by atoms with Gasteiger partial charge in [0.15, 0.2) is 18.1 Å². The van der Waals surface area contributed by atoms with Gasteiger partial charge in [0, 0.05) is 11.3 Å². The van der Waals surface area contributed by atoms with E-state index in [0.717, 1.165) is 37.8 Å². The number of carbonyl (C=O) groups is 2. The van der Waals surface area contributed by atoms with Crippen molar-refractivity contribution in [1.29, 1.82) is 0 Å². The number of ether oxygens (including phenoxy) is 2. The Balaban J connectivity index is 1.47. The molecule has 0 fully saturated rings. The third kappa shape index (κ3) is 5.73. The van der Waals surface area contributed by atoms with Gasteiger partial charge in [-0.2, -0.15) is 0 Å². The first kappa shape index (κ1) is 21.6. The summed E-state index contributed by atoms with van der Waals surface area (Å²) in [5, 5.41) is 2.78. The van der Waals surface area contributed by atoms with Gasteiger partial charge in [-0.25, -0.2) is 5.48 Å². The lowest BCUT2D eigenvalue weighted by Crippen LogP contribution is -2.29. The number of nitrogens with one attached hydrogen (secondary N) is 2. The number of unbranched alkanes of at least 4 members (excludes halogenated alkanes) is 1. The second kappa shape index (κ2) is 10.6. The molecule has 2 aromatic rings. The average Bonchev–Trinajstić information content (AvgIpc) is 3.21. The van der Waals surface area contributed by atoms with Crippen molar-refractivity contribution in [3.63, 3.8) is 0 Å². The Morgan fingerprint density at radius 3 is 2.67 bits per heavy atom. The van der Waals surface area contributed by atoms with Gasteiger partial charge in [0.25, 0.3) is 11.8 Å². The molecule has 0 atom stereocenters. The highest BCUT2D eigenvalue weighted by Gasteiger charge is 2.14. The van der Waals surface area contributed by atoms with E-state index in [1.165, 1.54) is 18.2 Å². The first-order valence-corrected chi connectivity index (χ1v) is 10.3. The molecule has 0 spiro atoms. The fraction of sp³-hybridized carbons (Fsp3) is 0.391. The smallest absolute Gasteiger partial charge is 0.274 e. The fourth-order valence-electron chi connectivity index (χ4n) is 3.33. The Kier molecular flexibility index (Phi) is 7.68. The molecular formula is C23H28N2O5. The van der Waals surface area contributed by atoms with Crippen molar-refractivity contribution in [1.82, 2.24) is 5.48 Å². The number of hydroxylamine groups is 1. The zero-order valence-electron chi connectivity index (χ0n) is 17.5. The number of hydrogen-bond acceptors (Lipinski definition) is 5. The van der Waals surface area contributed by atoms with Crippen LogP contribution in [-0.4, -0.2) is 32.1 Å². The maximum atomic E-state index is 12.3. The maximum absolute atomic E-state index is 12.3. The zero-order valence-corrected chi connectivity index (χ0v) is 17.5. The van der Waals surface area contributed by atoms with E-state index >= 15 is 0 Å². The monoisotopic (exact) mass is 412 g/mol. The summed E-state index contributed by atoms with van der Waals surface area (Å²) in [5.74, 6) is 0.231. The van der Waals surface area contributed by atoms with E-state index < -0.39 is 5.91 Å². The van der Waals surface area contributed by atoms with Crippen LogP contribution < -0.4 is 20.3 Å². The topological polar surface area (TPSA) is 85.9 Å². The molecule has 0 unspecified atom stereocenters. The summed E-state index contributed by atoms with van der Waals surface area (Å²) < 4.78 is 11.0. The number of benzene rings is 2. The van der Waals surface area contributed by atoms with Gasteiger partial charge >= 0.3 is 0 Å². The number of anilines is 1. The van der Waals surface area contributed by atoms with E-state index in [1.54, 1.807) is 18.2 Å². The maximum Gasteiger partial charge on any atom is 0.274 e. The fourth-order valence-corrected chi connectivity index (χ4v) is 3.33.